The quantitative estimate of drug-likeness (QED) is 0.0173. The molecule has 2 aromatic rings. The molecule has 0 radical (unpaired) electrons. The number of nitrogens with zero attached hydrogens (tertiary/aromatic N) is 1. The van der Waals surface area contributed by atoms with Gasteiger partial charge in [-0.25, -0.2) is 0 Å². The average molecular weight is 1350 g/mol. The molecule has 0 spiro atoms. The number of hydrogen-bond donors (Lipinski definition) is 18. The monoisotopic (exact) mass is 1350 g/mol. The fraction of sp³-hybridized carbons (Fsp3) is 0.544. The van der Waals surface area contributed by atoms with Gasteiger partial charge >= 0.3 is 5.97 Å². The summed E-state index contributed by atoms with van der Waals surface area (Å²) < 4.78 is 5.08. The number of carbonyl (C=O) groups excluding carboxylic acids is 14. The molecule has 1 heterocycles. The van der Waals surface area contributed by atoms with Crippen LogP contribution in [0.2, 0.25) is 0 Å². The molecule has 30 nitrogen and oxygen atoms in total. The van der Waals surface area contributed by atoms with Gasteiger partial charge in [-0.05, 0) is 81.3 Å². The second kappa shape index (κ2) is 39.4. The highest BCUT2D eigenvalue weighted by atomic mass is 32.1. The van der Waals surface area contributed by atoms with Crippen molar-refractivity contribution in [2.75, 3.05) is 42.7 Å². The first-order valence-corrected chi connectivity index (χ1v) is 31.5. The van der Waals surface area contributed by atoms with E-state index in [-0.39, 0.29) is 80.4 Å². The van der Waals surface area contributed by atoms with Crippen molar-refractivity contribution in [1.29, 1.82) is 0 Å². The standard InChI is InChI=1S/C57H82N12O18S4/c1-5-19-87-46(76)17-8-29(2)48(77)63-37(21-33-11-15-36(73)16-12-33)50(79)66-41(27-90)53(82)67-40(26-89)52(81)64-38(22-44(58)74)57(86)69-18-6-7-43(69)55(84)60-30(3)49(78)65-42(28-91)54(83)68-47(31(4)71)56(85)59-23-45(75)62-39(25-88)51(80)61-34(24-70)20-32-9-13-35(72)14-10-32/h9-16,24,29-31,34,37-43,47,71-73,88-91H,5-8,17-23,25-28H2,1-4H3,(H2,58,74)(H,59,85)(H,60,84)(H,61,80)(H,62,75)(H,63,77)(H,64,81)(H,65,78)(H,66,79)(H,67,82)(H,68,83)/t29?,30?,31-,34+,37+,38+,39?,40+,41+,42+,43+,47+/m1/s1. The number of nitrogens with two attached hydrogens (primary N) is 1. The molecule has 1 saturated heterocycles. The molecular weight excluding hydrogens is 1270 g/mol. The Morgan fingerprint density at radius 1 is 0.615 bits per heavy atom. The van der Waals surface area contributed by atoms with E-state index < -0.39 is 168 Å². The molecule has 0 aliphatic carbocycles. The zero-order valence-corrected chi connectivity index (χ0v) is 54.1. The van der Waals surface area contributed by atoms with Gasteiger partial charge in [0.15, 0.2) is 0 Å². The van der Waals surface area contributed by atoms with Crippen LogP contribution in [0.3, 0.4) is 0 Å². The molecular formula is C57H82N12O18S4. The molecule has 1 aliphatic heterocycles. The molecule has 502 valence electrons. The van der Waals surface area contributed by atoms with Crippen LogP contribution < -0.4 is 58.9 Å². The summed E-state index contributed by atoms with van der Waals surface area (Å²) in [5.74, 6) is -13.6. The van der Waals surface area contributed by atoms with Crippen LogP contribution in [0, 0.1) is 5.92 Å². The molecule has 12 amide bonds. The van der Waals surface area contributed by atoms with E-state index in [0.717, 1.165) is 11.8 Å². The van der Waals surface area contributed by atoms with Crippen LogP contribution in [0.4, 0.5) is 0 Å². The fourth-order valence-corrected chi connectivity index (χ4v) is 9.83. The zero-order valence-electron chi connectivity index (χ0n) is 50.5. The maximum Gasteiger partial charge on any atom is 0.305 e. The third-order valence-electron chi connectivity index (χ3n) is 14.0. The van der Waals surface area contributed by atoms with Crippen LogP contribution in [0.5, 0.6) is 11.5 Å². The molecule has 2 aromatic carbocycles. The minimum Gasteiger partial charge on any atom is -0.508 e. The molecule has 91 heavy (non-hydrogen) atoms. The van der Waals surface area contributed by atoms with Crippen molar-refractivity contribution in [3.05, 3.63) is 59.7 Å². The number of phenolic OH excluding ortho intramolecular Hbond substituents is 2. The lowest BCUT2D eigenvalue weighted by Gasteiger charge is -2.30. The van der Waals surface area contributed by atoms with E-state index in [1.807, 2.05) is 6.92 Å². The van der Waals surface area contributed by atoms with E-state index >= 15 is 0 Å². The number of aldehydes is 1. The van der Waals surface area contributed by atoms with Gasteiger partial charge in [-0.3, -0.25) is 62.3 Å². The number of hydrogen-bond acceptors (Lipinski definition) is 22. The maximum absolute atomic E-state index is 14.2. The second-order valence-electron chi connectivity index (χ2n) is 21.3. The molecule has 0 saturated carbocycles. The Bertz CT molecular complexity index is 2880. The zero-order chi connectivity index (χ0) is 68.1. The number of rotatable bonds is 38. The lowest BCUT2D eigenvalue weighted by atomic mass is 10.0. The molecule has 3 unspecified atom stereocenters. The van der Waals surface area contributed by atoms with Gasteiger partial charge in [-0.15, -0.1) is 0 Å². The number of aliphatic hydroxyl groups is 1. The predicted octanol–water partition coefficient (Wildman–Crippen LogP) is -4.08. The van der Waals surface area contributed by atoms with Gasteiger partial charge in [0.05, 0.1) is 31.7 Å². The normalized spacial score (nSPS) is 16.3. The highest BCUT2D eigenvalue weighted by molar-refractivity contribution is 7.80. The molecule has 3 rings (SSSR count). The van der Waals surface area contributed by atoms with E-state index in [1.54, 1.807) is 19.1 Å². The van der Waals surface area contributed by atoms with Gasteiger partial charge in [-0.1, -0.05) is 38.1 Å². The summed E-state index contributed by atoms with van der Waals surface area (Å²) in [6.07, 6.45) is -0.967. The number of ether oxygens (including phenoxy) is 1. The number of phenols is 2. The number of likely N-dealkylation sites (tertiary alicyclic amines) is 1. The summed E-state index contributed by atoms with van der Waals surface area (Å²) in [6.45, 7) is 5.18. The Morgan fingerprint density at radius 3 is 1.59 bits per heavy atom. The highest BCUT2D eigenvalue weighted by Gasteiger charge is 2.41. The van der Waals surface area contributed by atoms with Crippen LogP contribution in [0.25, 0.3) is 0 Å². The third kappa shape index (κ3) is 26.1. The average Bonchev–Trinajstić information content (AvgIpc) is 1.93. The lowest BCUT2D eigenvalue weighted by Crippen LogP contribution is -2.61. The van der Waals surface area contributed by atoms with Crippen molar-refractivity contribution < 1.29 is 87.2 Å². The number of carbonyl (C=O) groups is 14. The molecule has 1 fully saturated rings. The van der Waals surface area contributed by atoms with E-state index in [1.165, 1.54) is 43.3 Å². The summed E-state index contributed by atoms with van der Waals surface area (Å²) in [5.41, 5.74) is 6.63. The molecule has 0 bridgehead atoms. The number of esters is 1. The summed E-state index contributed by atoms with van der Waals surface area (Å²) in [4.78, 5) is 186. The number of primary amides is 1. The topological polar surface area (TPSA) is 458 Å². The van der Waals surface area contributed by atoms with Crippen molar-refractivity contribution >= 4 is 134 Å². The van der Waals surface area contributed by atoms with Crippen LogP contribution in [0.15, 0.2) is 48.5 Å². The number of thiol groups is 4. The van der Waals surface area contributed by atoms with Gasteiger partial charge in [0.25, 0.3) is 0 Å². The third-order valence-corrected chi connectivity index (χ3v) is 15.4. The first-order valence-electron chi connectivity index (χ1n) is 29.0. The van der Waals surface area contributed by atoms with Crippen molar-refractivity contribution in [3.8, 4) is 11.5 Å². The van der Waals surface area contributed by atoms with Gasteiger partial charge in [0, 0.05) is 48.3 Å². The molecule has 34 heteroatoms. The number of benzene rings is 2. The number of nitrogens with one attached hydrogen (secondary N) is 10. The second-order valence-corrected chi connectivity index (χ2v) is 22.8. The van der Waals surface area contributed by atoms with Crippen LogP contribution in [-0.4, -0.2) is 213 Å². The smallest absolute Gasteiger partial charge is 0.305 e. The number of aromatic hydroxyl groups is 2. The minimum atomic E-state index is -1.71. The van der Waals surface area contributed by atoms with Crippen LogP contribution in [0.1, 0.15) is 77.3 Å². The van der Waals surface area contributed by atoms with Crippen molar-refractivity contribution in [3.63, 3.8) is 0 Å². The molecule has 12 atom stereocenters. The van der Waals surface area contributed by atoms with Crippen LogP contribution in [-0.2, 0) is 84.7 Å². The van der Waals surface area contributed by atoms with Crippen molar-refractivity contribution in [2.45, 2.75) is 146 Å². The van der Waals surface area contributed by atoms with Gasteiger partial charge in [0.1, 0.15) is 72.2 Å². The first-order chi connectivity index (χ1) is 43.1. The van der Waals surface area contributed by atoms with Gasteiger partial charge < -0.3 is 88.7 Å². The van der Waals surface area contributed by atoms with Crippen molar-refractivity contribution in [2.24, 2.45) is 11.7 Å². The molecule has 15 N–H and O–H groups in total. The van der Waals surface area contributed by atoms with Crippen molar-refractivity contribution in [1.82, 2.24) is 58.1 Å². The summed E-state index contributed by atoms with van der Waals surface area (Å²) >= 11 is 16.7. The van der Waals surface area contributed by atoms with E-state index in [4.69, 9.17) is 10.5 Å². The lowest BCUT2D eigenvalue weighted by molar-refractivity contribution is -0.144. The van der Waals surface area contributed by atoms with E-state index in [0.29, 0.717) is 23.8 Å². The fourth-order valence-electron chi connectivity index (χ4n) is 8.80. The SMILES string of the molecule is CCCOC(=O)CCC(C)C(=O)N[C@@H](Cc1ccc(O)cc1)C(=O)N[C@@H](CS)C(=O)N[C@@H](CS)C(=O)N[C@@H](CC(N)=O)C(=O)N1CCC[C@H]1C(=O)NC(C)C(=O)N[C@@H](CS)C(=O)N[C@H](C(=O)NCC(=O)NC(CS)C(=O)N[C@H](C=O)Cc1ccc(O)cc1)[C@@H](C)O. The summed E-state index contributed by atoms with van der Waals surface area (Å²) in [6, 6.07) is -2.43. The Morgan fingerprint density at radius 2 is 1.09 bits per heavy atom. The maximum atomic E-state index is 14.2. The molecule has 0 aromatic heterocycles. The summed E-state index contributed by atoms with van der Waals surface area (Å²) in [7, 11) is 0. The predicted molar refractivity (Wildman–Crippen MR) is 341 cm³/mol. The molecule has 1 aliphatic rings. The van der Waals surface area contributed by atoms with Gasteiger partial charge in [0.2, 0.25) is 70.9 Å². The first kappa shape index (κ1) is 77.4. The highest BCUT2D eigenvalue weighted by Crippen LogP contribution is 2.21. The Kier molecular flexibility index (Phi) is 33.6. The Balaban J connectivity index is 1.62. The summed E-state index contributed by atoms with van der Waals surface area (Å²) in [5, 5.41) is 54.0. The van der Waals surface area contributed by atoms with E-state index in [2.05, 4.69) is 104 Å². The minimum absolute atomic E-state index is 0.000373. The Labute approximate surface area is 547 Å². The largest absolute Gasteiger partial charge is 0.508 e. The van der Waals surface area contributed by atoms with Gasteiger partial charge in [-0.2, -0.15) is 50.5 Å². The number of amides is 12. The van der Waals surface area contributed by atoms with E-state index in [9.17, 15) is 82.4 Å². The number of aliphatic hydroxyl groups excluding tert-OH is 1. The van der Waals surface area contributed by atoms with Crippen LogP contribution >= 0.6 is 50.5 Å². The Hall–Kier alpha value is -7.82.